The van der Waals surface area contributed by atoms with E-state index in [0.717, 1.165) is 15.8 Å². The molecule has 6 nitrogen and oxygen atoms in total. The van der Waals surface area contributed by atoms with Crippen molar-refractivity contribution in [3.05, 3.63) is 69.1 Å². The second-order valence-corrected chi connectivity index (χ2v) is 8.17. The molecule has 0 radical (unpaired) electrons. The van der Waals surface area contributed by atoms with Gasteiger partial charge in [0.25, 0.3) is 5.56 Å². The largest absolute Gasteiger partial charge is 0.481 e. The molecule has 146 valence electrons. The van der Waals surface area contributed by atoms with Crippen LogP contribution >= 0.6 is 23.6 Å². The van der Waals surface area contributed by atoms with Gasteiger partial charge in [-0.3, -0.25) is 9.59 Å². The van der Waals surface area contributed by atoms with Gasteiger partial charge in [-0.1, -0.05) is 43.4 Å². The SMILES string of the molecule is CCC(Cc1nc2cc(C=S)ccc2s1)(C(=O)O)c1n[nH]c(=O)c2ccccc12. The van der Waals surface area contributed by atoms with Crippen LogP contribution in [-0.4, -0.2) is 31.6 Å². The van der Waals surface area contributed by atoms with E-state index in [9.17, 15) is 14.7 Å². The maximum atomic E-state index is 12.5. The molecule has 0 saturated carbocycles. The van der Waals surface area contributed by atoms with Crippen molar-refractivity contribution in [2.45, 2.75) is 25.2 Å². The molecule has 2 N–H and O–H groups in total. The fraction of sp³-hybridized carbons (Fsp3) is 0.190. The summed E-state index contributed by atoms with van der Waals surface area (Å²) >= 11 is 6.44. The Balaban J connectivity index is 1.89. The highest BCUT2D eigenvalue weighted by molar-refractivity contribution is 7.79. The first-order valence-corrected chi connectivity index (χ1v) is 10.3. The number of hydrogen-bond acceptors (Lipinski definition) is 6. The Kier molecular flexibility index (Phi) is 4.97. The number of carbonyl (C=O) groups is 1. The van der Waals surface area contributed by atoms with Gasteiger partial charge in [-0.25, -0.2) is 10.1 Å². The molecule has 29 heavy (non-hydrogen) atoms. The van der Waals surface area contributed by atoms with E-state index in [1.165, 1.54) is 11.3 Å². The van der Waals surface area contributed by atoms with E-state index in [-0.39, 0.29) is 12.0 Å². The Bertz CT molecular complexity index is 1310. The highest BCUT2D eigenvalue weighted by Gasteiger charge is 2.43. The van der Waals surface area contributed by atoms with Crippen molar-refractivity contribution in [2.75, 3.05) is 0 Å². The number of nitrogens with one attached hydrogen (secondary N) is 1. The van der Waals surface area contributed by atoms with Crippen LogP contribution < -0.4 is 5.56 Å². The number of aromatic nitrogens is 3. The number of fused-ring (bicyclic) bond motifs is 2. The third kappa shape index (κ3) is 3.24. The first-order valence-electron chi connectivity index (χ1n) is 9.04. The molecule has 8 heteroatoms. The molecule has 0 saturated heterocycles. The molecule has 2 aromatic carbocycles. The zero-order valence-electron chi connectivity index (χ0n) is 15.5. The lowest BCUT2D eigenvalue weighted by atomic mass is 9.77. The minimum Gasteiger partial charge on any atom is -0.481 e. The fourth-order valence-electron chi connectivity index (χ4n) is 3.58. The van der Waals surface area contributed by atoms with E-state index in [0.29, 0.717) is 27.9 Å². The van der Waals surface area contributed by atoms with Crippen LogP contribution in [0.3, 0.4) is 0 Å². The van der Waals surface area contributed by atoms with Gasteiger partial charge in [-0.05, 0) is 30.2 Å². The van der Waals surface area contributed by atoms with Crippen LogP contribution in [0.25, 0.3) is 21.0 Å². The molecule has 2 aromatic heterocycles. The first kappa shape index (κ1) is 19.4. The topological polar surface area (TPSA) is 95.9 Å². The number of nitrogens with zero attached hydrogens (tertiary/aromatic N) is 2. The lowest BCUT2D eigenvalue weighted by molar-refractivity contribution is -0.144. The Morgan fingerprint density at radius 3 is 2.72 bits per heavy atom. The number of carboxylic acids is 1. The Morgan fingerprint density at radius 1 is 1.28 bits per heavy atom. The molecule has 0 aliphatic rings. The van der Waals surface area contributed by atoms with Crippen LogP contribution in [0.1, 0.15) is 29.6 Å². The second-order valence-electron chi connectivity index (χ2n) is 6.82. The van der Waals surface area contributed by atoms with Gasteiger partial charge in [0.2, 0.25) is 0 Å². The van der Waals surface area contributed by atoms with Crippen molar-refractivity contribution in [1.82, 2.24) is 15.2 Å². The fourth-order valence-corrected chi connectivity index (χ4v) is 4.79. The lowest BCUT2D eigenvalue weighted by Gasteiger charge is -2.27. The Labute approximate surface area is 175 Å². The molecule has 1 unspecified atom stereocenters. The maximum Gasteiger partial charge on any atom is 0.316 e. The van der Waals surface area contributed by atoms with Crippen molar-refractivity contribution in [3.63, 3.8) is 0 Å². The number of aliphatic carboxylic acids is 1. The predicted octanol–water partition coefficient (Wildman–Crippen LogP) is 3.86. The van der Waals surface area contributed by atoms with Crippen molar-refractivity contribution in [1.29, 1.82) is 0 Å². The molecule has 1 atom stereocenters. The Morgan fingerprint density at radius 2 is 2.03 bits per heavy atom. The molecule has 0 fully saturated rings. The molecular weight excluding hydrogens is 406 g/mol. The van der Waals surface area contributed by atoms with E-state index in [2.05, 4.69) is 15.2 Å². The Hall–Kier alpha value is -2.97. The van der Waals surface area contributed by atoms with Crippen molar-refractivity contribution in [2.24, 2.45) is 0 Å². The van der Waals surface area contributed by atoms with E-state index < -0.39 is 11.4 Å². The van der Waals surface area contributed by atoms with Gasteiger partial charge in [0.05, 0.1) is 26.3 Å². The van der Waals surface area contributed by atoms with E-state index in [1.54, 1.807) is 29.6 Å². The predicted molar refractivity (Wildman–Crippen MR) is 118 cm³/mol. The average molecular weight is 424 g/mol. The summed E-state index contributed by atoms with van der Waals surface area (Å²) in [6.45, 7) is 1.81. The van der Waals surface area contributed by atoms with E-state index >= 15 is 0 Å². The normalized spacial score (nSPS) is 13.4. The smallest absolute Gasteiger partial charge is 0.316 e. The number of hydrogen-bond donors (Lipinski definition) is 2. The molecular formula is C21H17N3O3S2. The molecule has 0 amide bonds. The number of thiazole rings is 1. The number of aromatic amines is 1. The molecule has 4 rings (SSSR count). The molecule has 4 aromatic rings. The number of benzene rings is 2. The minimum absolute atomic E-state index is 0.175. The number of carboxylic acid groups (broad SMARTS) is 1. The third-order valence-electron chi connectivity index (χ3n) is 5.21. The van der Waals surface area contributed by atoms with Gasteiger partial charge >= 0.3 is 5.97 Å². The molecule has 0 aliphatic heterocycles. The summed E-state index contributed by atoms with van der Waals surface area (Å²) in [7, 11) is 0. The molecule has 0 bridgehead atoms. The van der Waals surface area contributed by atoms with Crippen molar-refractivity contribution < 1.29 is 9.90 Å². The zero-order valence-corrected chi connectivity index (χ0v) is 17.1. The highest BCUT2D eigenvalue weighted by Crippen LogP contribution is 2.36. The molecule has 0 aliphatic carbocycles. The van der Waals surface area contributed by atoms with Gasteiger partial charge < -0.3 is 5.11 Å². The summed E-state index contributed by atoms with van der Waals surface area (Å²) < 4.78 is 0.968. The number of rotatable bonds is 6. The molecule has 2 heterocycles. The van der Waals surface area contributed by atoms with Crippen LogP contribution in [0.5, 0.6) is 0 Å². The van der Waals surface area contributed by atoms with Crippen LogP contribution in [0.4, 0.5) is 0 Å². The van der Waals surface area contributed by atoms with Crippen LogP contribution in [-0.2, 0) is 16.6 Å². The summed E-state index contributed by atoms with van der Waals surface area (Å²) in [5.74, 6) is -0.997. The van der Waals surface area contributed by atoms with Gasteiger partial charge in [0.15, 0.2) is 0 Å². The summed E-state index contributed by atoms with van der Waals surface area (Å²) in [6, 6.07) is 12.7. The van der Waals surface area contributed by atoms with Crippen LogP contribution in [0.2, 0.25) is 0 Å². The average Bonchev–Trinajstić information content (AvgIpc) is 3.14. The second kappa shape index (κ2) is 7.46. The number of thiocarbonyl (C=S) groups is 1. The van der Waals surface area contributed by atoms with Crippen molar-refractivity contribution in [3.8, 4) is 0 Å². The van der Waals surface area contributed by atoms with Crippen LogP contribution in [0.15, 0.2) is 47.3 Å². The van der Waals surface area contributed by atoms with E-state index in [1.807, 2.05) is 25.1 Å². The maximum absolute atomic E-state index is 12.5. The monoisotopic (exact) mass is 423 g/mol. The van der Waals surface area contributed by atoms with Gasteiger partial charge in [0, 0.05) is 17.2 Å². The number of H-pyrrole nitrogens is 1. The minimum atomic E-state index is -1.31. The van der Waals surface area contributed by atoms with E-state index in [4.69, 9.17) is 12.2 Å². The zero-order chi connectivity index (χ0) is 20.6. The highest BCUT2D eigenvalue weighted by atomic mass is 32.1. The lowest BCUT2D eigenvalue weighted by Crippen LogP contribution is -2.39. The molecule has 0 spiro atoms. The van der Waals surface area contributed by atoms with Gasteiger partial charge in [-0.15, -0.1) is 11.3 Å². The van der Waals surface area contributed by atoms with Crippen LogP contribution in [0, 0.1) is 0 Å². The standard InChI is InChI=1S/C21H17N3O3S2/c1-2-21(20(26)27,18-13-5-3-4-6-14(13)19(25)24-23-18)10-17-22-15-9-12(11-28)7-8-16(15)29-17/h3-9,11H,2,10H2,1H3,(H,24,25)(H,26,27). The third-order valence-corrected chi connectivity index (χ3v) is 6.52. The van der Waals surface area contributed by atoms with Gasteiger partial charge in [-0.2, -0.15) is 5.10 Å². The van der Waals surface area contributed by atoms with Crippen molar-refractivity contribution >= 4 is 55.9 Å². The summed E-state index contributed by atoms with van der Waals surface area (Å²) in [4.78, 5) is 29.3. The summed E-state index contributed by atoms with van der Waals surface area (Å²) in [6.07, 6.45) is 0.473. The first-order chi connectivity index (χ1) is 14.0. The summed E-state index contributed by atoms with van der Waals surface area (Å²) in [5, 5.41) is 20.2. The summed E-state index contributed by atoms with van der Waals surface area (Å²) in [5.41, 5.74) is 0.370. The quantitative estimate of drug-likeness (QED) is 0.457. The van der Waals surface area contributed by atoms with Gasteiger partial charge in [0.1, 0.15) is 5.41 Å².